The Morgan fingerprint density at radius 1 is 1.32 bits per heavy atom. The van der Waals surface area contributed by atoms with Crippen molar-refractivity contribution in [1.82, 2.24) is 4.90 Å². The van der Waals surface area contributed by atoms with Crippen LogP contribution in [0.2, 0.25) is 5.02 Å². The van der Waals surface area contributed by atoms with Gasteiger partial charge in [0.1, 0.15) is 0 Å². The maximum Gasteiger partial charge on any atom is 0.152 e. The van der Waals surface area contributed by atoms with Crippen LogP contribution in [0.15, 0.2) is 24.3 Å². The van der Waals surface area contributed by atoms with Gasteiger partial charge in [-0.15, -0.1) is 0 Å². The van der Waals surface area contributed by atoms with Crippen molar-refractivity contribution in [3.05, 3.63) is 34.9 Å². The van der Waals surface area contributed by atoms with Crippen LogP contribution in [0.1, 0.15) is 18.5 Å². The molecule has 0 radical (unpaired) electrons. The summed E-state index contributed by atoms with van der Waals surface area (Å²) in [6.45, 7) is 3.00. The van der Waals surface area contributed by atoms with Crippen LogP contribution in [0.4, 0.5) is 0 Å². The molecule has 0 saturated carbocycles. The lowest BCUT2D eigenvalue weighted by atomic mass is 9.99. The molecule has 1 aliphatic heterocycles. The fourth-order valence-corrected chi connectivity index (χ4v) is 3.97. The predicted molar refractivity (Wildman–Crippen MR) is 78.1 cm³/mol. The number of nitrogens with two attached hydrogens (primary N) is 1. The highest BCUT2D eigenvalue weighted by atomic mass is 35.5. The summed E-state index contributed by atoms with van der Waals surface area (Å²) in [5.41, 5.74) is 7.13. The van der Waals surface area contributed by atoms with Gasteiger partial charge < -0.3 is 5.73 Å². The Kier molecular flexibility index (Phi) is 4.50. The van der Waals surface area contributed by atoms with Gasteiger partial charge >= 0.3 is 0 Å². The highest BCUT2D eigenvalue weighted by Gasteiger charge is 2.30. The monoisotopic (exact) mass is 302 g/mol. The Morgan fingerprint density at radius 3 is 2.47 bits per heavy atom. The zero-order valence-electron chi connectivity index (χ0n) is 10.9. The van der Waals surface area contributed by atoms with Crippen LogP contribution in [-0.2, 0) is 9.84 Å². The molecule has 2 rings (SSSR count). The Labute approximate surface area is 119 Å². The Hall–Kier alpha value is -0.620. The standard InChI is InChI=1S/C13H19ClN2O2S/c1-10(15)13(11-3-2-4-12(14)9-11)16-5-7-19(17,18)8-6-16/h2-4,9-10,13H,5-8,15H2,1H3. The molecular weight excluding hydrogens is 284 g/mol. The van der Waals surface area contributed by atoms with Gasteiger partial charge in [0.05, 0.1) is 11.5 Å². The van der Waals surface area contributed by atoms with E-state index in [9.17, 15) is 8.42 Å². The van der Waals surface area contributed by atoms with Gasteiger partial charge in [-0.3, -0.25) is 4.90 Å². The molecule has 0 aromatic heterocycles. The first-order chi connectivity index (χ1) is 8.89. The molecule has 1 aromatic carbocycles. The predicted octanol–water partition coefficient (Wildman–Crippen LogP) is 1.46. The molecule has 4 nitrogen and oxygen atoms in total. The molecule has 1 aliphatic rings. The van der Waals surface area contributed by atoms with Gasteiger partial charge in [-0.2, -0.15) is 0 Å². The van der Waals surface area contributed by atoms with E-state index < -0.39 is 9.84 Å². The zero-order valence-corrected chi connectivity index (χ0v) is 12.5. The van der Waals surface area contributed by atoms with E-state index in [0.717, 1.165) is 5.56 Å². The summed E-state index contributed by atoms with van der Waals surface area (Å²) in [5, 5.41) is 0.674. The topological polar surface area (TPSA) is 63.4 Å². The van der Waals surface area contributed by atoms with Gasteiger partial charge in [0, 0.05) is 30.2 Å². The number of benzene rings is 1. The van der Waals surface area contributed by atoms with Gasteiger partial charge in [0.15, 0.2) is 9.84 Å². The lowest BCUT2D eigenvalue weighted by Gasteiger charge is -2.37. The van der Waals surface area contributed by atoms with Gasteiger partial charge in [0.2, 0.25) is 0 Å². The van der Waals surface area contributed by atoms with E-state index in [1.807, 2.05) is 31.2 Å². The third-order valence-electron chi connectivity index (χ3n) is 3.46. The number of hydrogen-bond donors (Lipinski definition) is 1. The lowest BCUT2D eigenvalue weighted by Crippen LogP contribution is -2.47. The second kappa shape index (κ2) is 5.79. The van der Waals surface area contributed by atoms with Crippen molar-refractivity contribution in [1.29, 1.82) is 0 Å². The largest absolute Gasteiger partial charge is 0.326 e. The second-order valence-electron chi connectivity index (χ2n) is 5.05. The van der Waals surface area contributed by atoms with Crippen LogP contribution >= 0.6 is 11.6 Å². The molecule has 2 unspecified atom stereocenters. The number of rotatable bonds is 3. The fourth-order valence-electron chi connectivity index (χ4n) is 2.54. The van der Waals surface area contributed by atoms with E-state index in [0.29, 0.717) is 18.1 Å². The number of halogens is 1. The molecule has 1 heterocycles. The molecule has 0 amide bonds. The molecule has 1 aromatic rings. The van der Waals surface area contributed by atoms with E-state index >= 15 is 0 Å². The average molecular weight is 303 g/mol. The normalized spacial score (nSPS) is 22.9. The zero-order chi connectivity index (χ0) is 14.0. The van der Waals surface area contributed by atoms with Crippen molar-refractivity contribution in [2.45, 2.75) is 19.0 Å². The van der Waals surface area contributed by atoms with E-state index in [1.54, 1.807) is 0 Å². The van der Waals surface area contributed by atoms with Gasteiger partial charge in [-0.25, -0.2) is 8.42 Å². The molecule has 6 heteroatoms. The third-order valence-corrected chi connectivity index (χ3v) is 5.30. The maximum absolute atomic E-state index is 11.5. The van der Waals surface area contributed by atoms with E-state index in [2.05, 4.69) is 4.90 Å². The quantitative estimate of drug-likeness (QED) is 0.918. The fraction of sp³-hybridized carbons (Fsp3) is 0.538. The first-order valence-electron chi connectivity index (χ1n) is 6.34. The Morgan fingerprint density at radius 2 is 1.95 bits per heavy atom. The smallest absolute Gasteiger partial charge is 0.152 e. The molecule has 0 aliphatic carbocycles. The second-order valence-corrected chi connectivity index (χ2v) is 7.79. The van der Waals surface area contributed by atoms with E-state index in [4.69, 9.17) is 17.3 Å². The molecule has 0 spiro atoms. The van der Waals surface area contributed by atoms with Crippen LogP contribution in [0.5, 0.6) is 0 Å². The van der Waals surface area contributed by atoms with Gasteiger partial charge in [-0.1, -0.05) is 23.7 Å². The number of hydrogen-bond acceptors (Lipinski definition) is 4. The van der Waals surface area contributed by atoms with Crippen LogP contribution in [0, 0.1) is 0 Å². The third kappa shape index (κ3) is 3.69. The summed E-state index contributed by atoms with van der Waals surface area (Å²) in [7, 11) is -2.87. The van der Waals surface area contributed by atoms with Crippen LogP contribution < -0.4 is 5.73 Å². The average Bonchev–Trinajstić information content (AvgIpc) is 2.31. The minimum atomic E-state index is -2.87. The van der Waals surface area contributed by atoms with Crippen LogP contribution in [-0.4, -0.2) is 44.0 Å². The van der Waals surface area contributed by atoms with Crippen molar-refractivity contribution in [3.8, 4) is 0 Å². The van der Waals surface area contributed by atoms with Crippen LogP contribution in [0.25, 0.3) is 0 Å². The summed E-state index contributed by atoms with van der Waals surface area (Å²) in [6, 6.07) is 7.54. The first-order valence-corrected chi connectivity index (χ1v) is 8.54. The molecule has 1 fully saturated rings. The summed E-state index contributed by atoms with van der Waals surface area (Å²) >= 11 is 6.02. The van der Waals surface area contributed by atoms with Crippen molar-refractivity contribution in [2.75, 3.05) is 24.6 Å². The summed E-state index contributed by atoms with van der Waals surface area (Å²) in [6.07, 6.45) is 0. The maximum atomic E-state index is 11.5. The molecular formula is C13H19ClN2O2S. The Balaban J connectivity index is 2.22. The van der Waals surface area contributed by atoms with E-state index in [-0.39, 0.29) is 23.6 Å². The van der Waals surface area contributed by atoms with Crippen LogP contribution in [0.3, 0.4) is 0 Å². The minimum absolute atomic E-state index is 0.00852. The highest BCUT2D eigenvalue weighted by Crippen LogP contribution is 2.27. The van der Waals surface area contributed by atoms with E-state index in [1.165, 1.54) is 0 Å². The molecule has 106 valence electrons. The highest BCUT2D eigenvalue weighted by molar-refractivity contribution is 7.91. The van der Waals surface area contributed by atoms with Gasteiger partial charge in [0.25, 0.3) is 0 Å². The SMILES string of the molecule is CC(N)C(c1cccc(Cl)c1)N1CCS(=O)(=O)CC1. The molecule has 1 saturated heterocycles. The summed E-state index contributed by atoms with van der Waals surface area (Å²) < 4.78 is 23.0. The molecule has 19 heavy (non-hydrogen) atoms. The molecule has 2 atom stereocenters. The van der Waals surface area contributed by atoms with Crippen molar-refractivity contribution in [3.63, 3.8) is 0 Å². The minimum Gasteiger partial charge on any atom is -0.326 e. The van der Waals surface area contributed by atoms with Crippen molar-refractivity contribution < 1.29 is 8.42 Å². The van der Waals surface area contributed by atoms with Crippen molar-refractivity contribution >= 4 is 21.4 Å². The number of nitrogens with zero attached hydrogens (tertiary/aromatic N) is 1. The van der Waals surface area contributed by atoms with Crippen molar-refractivity contribution in [2.24, 2.45) is 5.73 Å². The van der Waals surface area contributed by atoms with Gasteiger partial charge in [-0.05, 0) is 24.6 Å². The Bertz CT molecular complexity index is 531. The molecule has 2 N–H and O–H groups in total. The number of sulfone groups is 1. The lowest BCUT2D eigenvalue weighted by molar-refractivity contribution is 0.191. The molecule has 0 bridgehead atoms. The summed E-state index contributed by atoms with van der Waals surface area (Å²) in [5.74, 6) is 0.410. The summed E-state index contributed by atoms with van der Waals surface area (Å²) in [4.78, 5) is 2.14. The first kappa shape index (κ1) is 14.8.